The van der Waals surface area contributed by atoms with Gasteiger partial charge in [0.2, 0.25) is 0 Å². The third-order valence-electron chi connectivity index (χ3n) is 3.09. The Hall–Kier alpha value is -2.03. The SMILES string of the molecule is C=CCC[C@H](C)N(CC=C)C(=O)OCc1ccccc1. The van der Waals surface area contributed by atoms with Crippen molar-refractivity contribution in [1.29, 1.82) is 0 Å². The summed E-state index contributed by atoms with van der Waals surface area (Å²) >= 11 is 0. The molecule has 0 aliphatic rings. The fraction of sp³-hybridized carbons (Fsp3) is 0.353. The molecule has 0 saturated heterocycles. The van der Waals surface area contributed by atoms with Gasteiger partial charge in [0.05, 0.1) is 0 Å². The van der Waals surface area contributed by atoms with Crippen LogP contribution >= 0.6 is 0 Å². The van der Waals surface area contributed by atoms with Crippen molar-refractivity contribution in [3.05, 3.63) is 61.2 Å². The second-order valence-electron chi connectivity index (χ2n) is 4.70. The van der Waals surface area contributed by atoms with Gasteiger partial charge in [0, 0.05) is 12.6 Å². The lowest BCUT2D eigenvalue weighted by Gasteiger charge is -2.27. The van der Waals surface area contributed by atoms with Gasteiger partial charge in [0.15, 0.2) is 0 Å². The lowest BCUT2D eigenvalue weighted by atomic mass is 10.1. The van der Waals surface area contributed by atoms with E-state index < -0.39 is 0 Å². The molecule has 0 bridgehead atoms. The largest absolute Gasteiger partial charge is 0.445 e. The summed E-state index contributed by atoms with van der Waals surface area (Å²) in [7, 11) is 0. The second-order valence-corrected chi connectivity index (χ2v) is 4.70. The van der Waals surface area contributed by atoms with Crippen molar-refractivity contribution in [3.8, 4) is 0 Å². The van der Waals surface area contributed by atoms with Crippen LogP contribution in [0.1, 0.15) is 25.3 Å². The molecule has 0 aliphatic carbocycles. The number of benzene rings is 1. The summed E-state index contributed by atoms with van der Waals surface area (Å²) < 4.78 is 5.36. The zero-order chi connectivity index (χ0) is 14.8. The molecule has 1 aromatic rings. The fourth-order valence-corrected chi connectivity index (χ4v) is 1.89. The molecule has 20 heavy (non-hydrogen) atoms. The first-order chi connectivity index (χ1) is 9.69. The molecule has 3 heteroatoms. The van der Waals surface area contributed by atoms with Gasteiger partial charge in [-0.05, 0) is 25.3 Å². The highest BCUT2D eigenvalue weighted by Gasteiger charge is 2.19. The summed E-state index contributed by atoms with van der Waals surface area (Å²) in [4.78, 5) is 13.8. The summed E-state index contributed by atoms with van der Waals surface area (Å²) in [5, 5.41) is 0. The van der Waals surface area contributed by atoms with Crippen LogP contribution in [0.25, 0.3) is 0 Å². The maximum atomic E-state index is 12.1. The standard InChI is InChI=1S/C17H23NO2/c1-4-6-10-15(3)18(13-5-2)17(19)20-14-16-11-8-7-9-12-16/h4-5,7-9,11-12,15H,1-2,6,10,13-14H2,3H3/t15-/m0/s1. The highest BCUT2D eigenvalue weighted by atomic mass is 16.6. The molecule has 0 aliphatic heterocycles. The van der Waals surface area contributed by atoms with Gasteiger partial charge in [-0.1, -0.05) is 42.5 Å². The predicted octanol–water partition coefficient (Wildman–Crippen LogP) is 4.17. The number of hydrogen-bond acceptors (Lipinski definition) is 2. The van der Waals surface area contributed by atoms with Crippen molar-refractivity contribution < 1.29 is 9.53 Å². The highest BCUT2D eigenvalue weighted by Crippen LogP contribution is 2.10. The van der Waals surface area contributed by atoms with Crippen molar-refractivity contribution in [2.75, 3.05) is 6.54 Å². The number of rotatable bonds is 8. The molecule has 1 amide bonds. The Morgan fingerprint density at radius 2 is 2.00 bits per heavy atom. The van der Waals surface area contributed by atoms with E-state index >= 15 is 0 Å². The number of carbonyl (C=O) groups is 1. The molecule has 0 aromatic heterocycles. The summed E-state index contributed by atoms with van der Waals surface area (Å²) in [6, 6.07) is 9.77. The lowest BCUT2D eigenvalue weighted by Crippen LogP contribution is -2.39. The zero-order valence-electron chi connectivity index (χ0n) is 12.1. The highest BCUT2D eigenvalue weighted by molar-refractivity contribution is 5.68. The maximum absolute atomic E-state index is 12.1. The summed E-state index contributed by atoms with van der Waals surface area (Å²) in [6.07, 6.45) is 5.02. The van der Waals surface area contributed by atoms with Gasteiger partial charge < -0.3 is 9.64 Å². The van der Waals surface area contributed by atoms with Crippen LogP contribution < -0.4 is 0 Å². The third kappa shape index (κ3) is 5.31. The Bertz CT molecular complexity index is 428. The van der Waals surface area contributed by atoms with Gasteiger partial charge in [0.25, 0.3) is 0 Å². The predicted molar refractivity (Wildman–Crippen MR) is 82.4 cm³/mol. The first-order valence-electron chi connectivity index (χ1n) is 6.88. The van der Waals surface area contributed by atoms with Crippen molar-refractivity contribution in [2.45, 2.75) is 32.4 Å². The molecule has 1 rings (SSSR count). The van der Waals surface area contributed by atoms with Crippen LogP contribution in [0, 0.1) is 0 Å². The fourth-order valence-electron chi connectivity index (χ4n) is 1.89. The molecule has 0 fully saturated rings. The van der Waals surface area contributed by atoms with Crippen molar-refractivity contribution in [1.82, 2.24) is 4.90 Å². The van der Waals surface area contributed by atoms with Gasteiger partial charge in [-0.2, -0.15) is 0 Å². The minimum atomic E-state index is -0.301. The van der Waals surface area contributed by atoms with Crippen LogP contribution in [-0.4, -0.2) is 23.6 Å². The molecule has 0 N–H and O–H groups in total. The van der Waals surface area contributed by atoms with E-state index in [9.17, 15) is 4.79 Å². The number of allylic oxidation sites excluding steroid dienone is 1. The van der Waals surface area contributed by atoms with Crippen molar-refractivity contribution >= 4 is 6.09 Å². The Kier molecular flexibility index (Phi) is 7.18. The van der Waals surface area contributed by atoms with Crippen LogP contribution in [0.3, 0.4) is 0 Å². The third-order valence-corrected chi connectivity index (χ3v) is 3.09. The van der Waals surface area contributed by atoms with E-state index in [-0.39, 0.29) is 12.1 Å². The number of nitrogens with zero attached hydrogens (tertiary/aromatic N) is 1. The van der Waals surface area contributed by atoms with Crippen LogP contribution in [0.2, 0.25) is 0 Å². The Morgan fingerprint density at radius 1 is 1.30 bits per heavy atom. The minimum Gasteiger partial charge on any atom is -0.445 e. The summed E-state index contributed by atoms with van der Waals surface area (Å²) in [5.41, 5.74) is 0.984. The van der Waals surface area contributed by atoms with E-state index in [0.29, 0.717) is 13.2 Å². The van der Waals surface area contributed by atoms with E-state index in [0.717, 1.165) is 18.4 Å². The molecule has 108 valence electrons. The van der Waals surface area contributed by atoms with E-state index in [1.165, 1.54) is 0 Å². The van der Waals surface area contributed by atoms with Gasteiger partial charge in [0.1, 0.15) is 6.61 Å². The van der Waals surface area contributed by atoms with Crippen LogP contribution in [0.5, 0.6) is 0 Å². The van der Waals surface area contributed by atoms with Crippen LogP contribution in [0.4, 0.5) is 4.79 Å². The molecule has 0 heterocycles. The molecule has 0 radical (unpaired) electrons. The maximum Gasteiger partial charge on any atom is 0.410 e. The summed E-state index contributed by atoms with van der Waals surface area (Å²) in [6.45, 7) is 10.2. The van der Waals surface area contributed by atoms with Crippen molar-refractivity contribution in [2.24, 2.45) is 0 Å². The van der Waals surface area contributed by atoms with Gasteiger partial charge >= 0.3 is 6.09 Å². The number of ether oxygens (including phenoxy) is 1. The minimum absolute atomic E-state index is 0.106. The molecule has 1 atom stereocenters. The molecular formula is C17H23NO2. The number of hydrogen-bond donors (Lipinski definition) is 0. The monoisotopic (exact) mass is 273 g/mol. The Balaban J connectivity index is 2.54. The van der Waals surface area contributed by atoms with E-state index in [1.807, 2.05) is 43.3 Å². The first kappa shape index (κ1) is 16.0. The second kappa shape index (κ2) is 8.97. The first-order valence-corrected chi connectivity index (χ1v) is 6.88. The average molecular weight is 273 g/mol. The van der Waals surface area contributed by atoms with Gasteiger partial charge in [-0.15, -0.1) is 13.2 Å². The molecule has 1 aromatic carbocycles. The number of carbonyl (C=O) groups excluding carboxylic acids is 1. The molecular weight excluding hydrogens is 250 g/mol. The topological polar surface area (TPSA) is 29.5 Å². The average Bonchev–Trinajstić information content (AvgIpc) is 2.49. The quantitative estimate of drug-likeness (QED) is 0.665. The molecule has 0 unspecified atom stereocenters. The molecule has 0 saturated carbocycles. The summed E-state index contributed by atoms with van der Waals surface area (Å²) in [5.74, 6) is 0. The van der Waals surface area contributed by atoms with Crippen LogP contribution in [-0.2, 0) is 11.3 Å². The normalized spacial score (nSPS) is 11.4. The van der Waals surface area contributed by atoms with Crippen molar-refractivity contribution in [3.63, 3.8) is 0 Å². The van der Waals surface area contributed by atoms with E-state index in [4.69, 9.17) is 4.74 Å². The lowest BCUT2D eigenvalue weighted by molar-refractivity contribution is 0.0866. The van der Waals surface area contributed by atoms with Crippen LogP contribution in [0.15, 0.2) is 55.6 Å². The van der Waals surface area contributed by atoms with Gasteiger partial charge in [-0.3, -0.25) is 0 Å². The Morgan fingerprint density at radius 3 is 2.60 bits per heavy atom. The van der Waals surface area contributed by atoms with Gasteiger partial charge in [-0.25, -0.2) is 4.79 Å². The Labute approximate surface area is 121 Å². The van der Waals surface area contributed by atoms with E-state index in [1.54, 1.807) is 11.0 Å². The molecule has 3 nitrogen and oxygen atoms in total. The zero-order valence-corrected chi connectivity index (χ0v) is 12.1. The van der Waals surface area contributed by atoms with E-state index in [2.05, 4.69) is 13.2 Å². The molecule has 0 spiro atoms. The smallest absolute Gasteiger partial charge is 0.410 e. The number of amides is 1.